The summed E-state index contributed by atoms with van der Waals surface area (Å²) in [7, 11) is 2.89. The van der Waals surface area contributed by atoms with Crippen LogP contribution >= 0.6 is 0 Å². The van der Waals surface area contributed by atoms with Crippen LogP contribution < -0.4 is 20.3 Å². The van der Waals surface area contributed by atoms with Crippen molar-refractivity contribution in [2.24, 2.45) is 7.05 Å². The Bertz CT molecular complexity index is 1210. The summed E-state index contributed by atoms with van der Waals surface area (Å²) < 4.78 is 61.4. The fourth-order valence-corrected chi connectivity index (χ4v) is 2.74. The Morgan fingerprint density at radius 2 is 1.97 bits per heavy atom. The van der Waals surface area contributed by atoms with Gasteiger partial charge in [0, 0.05) is 30.9 Å². The van der Waals surface area contributed by atoms with Crippen molar-refractivity contribution in [1.82, 2.24) is 20.1 Å². The smallest absolute Gasteiger partial charge is 0.480 e. The minimum Gasteiger partial charge on any atom is -0.480 e. The fourth-order valence-electron chi connectivity index (χ4n) is 2.74. The molecule has 12 heteroatoms. The van der Waals surface area contributed by atoms with E-state index in [0.29, 0.717) is 11.3 Å². The topological polar surface area (TPSA) is 102 Å². The summed E-state index contributed by atoms with van der Waals surface area (Å²) in [6.45, 7) is -0.409. The van der Waals surface area contributed by atoms with Crippen LogP contribution in [0.5, 0.6) is 11.6 Å². The lowest BCUT2D eigenvalue weighted by Crippen LogP contribution is -2.24. The van der Waals surface area contributed by atoms with Crippen molar-refractivity contribution in [2.45, 2.75) is 12.9 Å². The zero-order valence-corrected chi connectivity index (χ0v) is 16.8. The van der Waals surface area contributed by atoms with Crippen molar-refractivity contribution in [3.05, 3.63) is 65.0 Å². The average molecular weight is 451 g/mol. The number of benzene rings is 1. The number of carbonyl (C=O) groups excluding carboxylic acids is 1. The van der Waals surface area contributed by atoms with Crippen molar-refractivity contribution >= 4 is 5.91 Å². The third-order valence-electron chi connectivity index (χ3n) is 4.28. The minimum absolute atomic E-state index is 0.00695. The Kier molecular flexibility index (Phi) is 6.42. The lowest BCUT2D eigenvalue weighted by molar-refractivity contribution is -0.274. The molecule has 2 heterocycles. The highest BCUT2D eigenvalue weighted by Gasteiger charge is 2.31. The fraction of sp³-hybridized carbons (Fsp3) is 0.200. The van der Waals surface area contributed by atoms with Crippen molar-refractivity contribution in [1.29, 1.82) is 5.41 Å². The molecule has 0 aliphatic heterocycles. The van der Waals surface area contributed by atoms with Gasteiger partial charge in [-0.1, -0.05) is 0 Å². The predicted octanol–water partition coefficient (Wildman–Crippen LogP) is 2.94. The SMILES string of the molecule is COc1ncc(-c2ccc(=N)n(C)n2)cc1C(=O)NCc1cc(OC(F)(F)F)ccc1F. The second kappa shape index (κ2) is 9.04. The summed E-state index contributed by atoms with van der Waals surface area (Å²) >= 11 is 0. The minimum atomic E-state index is -4.93. The Morgan fingerprint density at radius 3 is 2.62 bits per heavy atom. The highest BCUT2D eigenvalue weighted by atomic mass is 19.4. The summed E-state index contributed by atoms with van der Waals surface area (Å²) in [5, 5.41) is 14.3. The molecule has 3 aromatic rings. The number of nitrogens with zero attached hydrogens (tertiary/aromatic N) is 3. The van der Waals surface area contributed by atoms with Gasteiger partial charge in [0.25, 0.3) is 5.91 Å². The molecule has 0 aliphatic rings. The number of amides is 1. The van der Waals surface area contributed by atoms with Gasteiger partial charge in [0.2, 0.25) is 5.88 Å². The van der Waals surface area contributed by atoms with Crippen molar-refractivity contribution < 1.29 is 31.8 Å². The third kappa shape index (κ3) is 5.39. The molecule has 0 bridgehead atoms. The molecule has 1 amide bonds. The van der Waals surface area contributed by atoms with Crippen LogP contribution in [0.25, 0.3) is 11.3 Å². The average Bonchev–Trinajstić information content (AvgIpc) is 2.74. The quantitative estimate of drug-likeness (QED) is 0.561. The lowest BCUT2D eigenvalue weighted by Gasteiger charge is -2.13. The summed E-state index contributed by atoms with van der Waals surface area (Å²) in [6.07, 6.45) is -3.50. The maximum absolute atomic E-state index is 14.0. The van der Waals surface area contributed by atoms with Gasteiger partial charge in [0.05, 0.1) is 12.8 Å². The van der Waals surface area contributed by atoms with E-state index in [1.54, 1.807) is 13.1 Å². The summed E-state index contributed by atoms with van der Waals surface area (Å²) in [4.78, 5) is 16.8. The number of hydrogen-bond acceptors (Lipinski definition) is 6. The third-order valence-corrected chi connectivity index (χ3v) is 4.28. The molecule has 0 saturated heterocycles. The van der Waals surface area contributed by atoms with Crippen LogP contribution in [-0.2, 0) is 13.6 Å². The van der Waals surface area contributed by atoms with Crippen LogP contribution in [0.15, 0.2) is 42.6 Å². The molecule has 0 unspecified atom stereocenters. The highest BCUT2D eigenvalue weighted by Crippen LogP contribution is 2.25. The lowest BCUT2D eigenvalue weighted by atomic mass is 10.1. The molecule has 2 N–H and O–H groups in total. The Hall–Kier alpha value is -3.96. The number of hydrogen-bond donors (Lipinski definition) is 2. The first-order valence-electron chi connectivity index (χ1n) is 9.03. The van der Waals surface area contributed by atoms with E-state index in [-0.39, 0.29) is 22.5 Å². The van der Waals surface area contributed by atoms with Gasteiger partial charge in [-0.2, -0.15) is 5.10 Å². The molecule has 3 rings (SSSR count). The molecule has 0 aliphatic carbocycles. The van der Waals surface area contributed by atoms with Gasteiger partial charge in [0.1, 0.15) is 22.6 Å². The highest BCUT2D eigenvalue weighted by molar-refractivity contribution is 5.97. The molecule has 0 spiro atoms. The summed E-state index contributed by atoms with van der Waals surface area (Å²) in [5.74, 6) is -2.13. The molecular formula is C20H17F4N5O3. The maximum Gasteiger partial charge on any atom is 0.573 e. The monoisotopic (exact) mass is 451 g/mol. The summed E-state index contributed by atoms with van der Waals surface area (Å²) in [6, 6.07) is 7.04. The van der Waals surface area contributed by atoms with Gasteiger partial charge in [-0.3, -0.25) is 14.9 Å². The number of pyridine rings is 1. The van der Waals surface area contributed by atoms with E-state index in [0.717, 1.165) is 18.2 Å². The molecule has 0 radical (unpaired) electrons. The van der Waals surface area contributed by atoms with Crippen molar-refractivity contribution in [3.63, 3.8) is 0 Å². The number of halogens is 4. The molecule has 32 heavy (non-hydrogen) atoms. The molecule has 168 valence electrons. The Labute approximate surface area is 178 Å². The molecular weight excluding hydrogens is 434 g/mol. The van der Waals surface area contributed by atoms with Crippen LogP contribution in [0.1, 0.15) is 15.9 Å². The predicted molar refractivity (Wildman–Crippen MR) is 103 cm³/mol. The molecule has 2 aromatic heterocycles. The first-order valence-corrected chi connectivity index (χ1v) is 9.03. The van der Waals surface area contributed by atoms with Gasteiger partial charge < -0.3 is 14.8 Å². The van der Waals surface area contributed by atoms with E-state index in [1.165, 1.54) is 30.1 Å². The Morgan fingerprint density at radius 1 is 1.22 bits per heavy atom. The second-order valence-electron chi connectivity index (χ2n) is 6.49. The van der Waals surface area contributed by atoms with E-state index in [1.807, 2.05) is 0 Å². The van der Waals surface area contributed by atoms with Crippen LogP contribution in [0.4, 0.5) is 17.6 Å². The standard InChI is InChI=1S/C20H17F4N5O3/c1-29-17(25)6-5-16(28-29)12-8-14(19(31-2)27-10-12)18(30)26-9-11-7-13(3-4-15(11)21)32-20(22,23)24/h3-8,10,25H,9H2,1-2H3,(H,26,30). The van der Waals surface area contributed by atoms with Gasteiger partial charge in [-0.05, 0) is 36.4 Å². The number of aromatic nitrogens is 3. The largest absolute Gasteiger partial charge is 0.573 e. The van der Waals surface area contributed by atoms with Crippen LogP contribution in [0, 0.1) is 11.2 Å². The van der Waals surface area contributed by atoms with Crippen molar-refractivity contribution in [3.8, 4) is 22.9 Å². The number of alkyl halides is 3. The second-order valence-corrected chi connectivity index (χ2v) is 6.49. The zero-order chi connectivity index (χ0) is 23.5. The normalized spacial score (nSPS) is 11.2. The van der Waals surface area contributed by atoms with Crippen LogP contribution in [-0.4, -0.2) is 34.1 Å². The first-order chi connectivity index (χ1) is 15.1. The van der Waals surface area contributed by atoms with E-state index in [9.17, 15) is 22.4 Å². The number of nitrogens with one attached hydrogen (secondary N) is 2. The Balaban J connectivity index is 1.84. The molecule has 0 atom stereocenters. The maximum atomic E-state index is 14.0. The van der Waals surface area contributed by atoms with E-state index in [2.05, 4.69) is 20.1 Å². The number of methoxy groups -OCH3 is 1. The molecule has 8 nitrogen and oxygen atoms in total. The van der Waals surface area contributed by atoms with Crippen LogP contribution in [0.2, 0.25) is 0 Å². The van der Waals surface area contributed by atoms with E-state index < -0.39 is 30.4 Å². The molecule has 0 fully saturated rings. The molecule has 1 aromatic carbocycles. The summed E-state index contributed by atoms with van der Waals surface area (Å²) in [5.41, 5.74) is 0.872. The number of ether oxygens (including phenoxy) is 2. The zero-order valence-electron chi connectivity index (χ0n) is 16.8. The van der Waals surface area contributed by atoms with E-state index >= 15 is 0 Å². The van der Waals surface area contributed by atoms with Gasteiger partial charge in [-0.25, -0.2) is 9.37 Å². The van der Waals surface area contributed by atoms with E-state index in [4.69, 9.17) is 10.1 Å². The number of aryl methyl sites for hydroxylation is 1. The number of rotatable bonds is 6. The van der Waals surface area contributed by atoms with Gasteiger partial charge in [-0.15, -0.1) is 13.2 Å². The van der Waals surface area contributed by atoms with Crippen LogP contribution in [0.3, 0.4) is 0 Å². The van der Waals surface area contributed by atoms with Gasteiger partial charge in [0.15, 0.2) is 0 Å². The van der Waals surface area contributed by atoms with Crippen molar-refractivity contribution in [2.75, 3.05) is 7.11 Å². The number of carbonyl (C=O) groups is 1. The first kappa shape index (κ1) is 22.7. The van der Waals surface area contributed by atoms with Gasteiger partial charge >= 0.3 is 6.36 Å². The molecule has 0 saturated carbocycles.